The van der Waals surface area contributed by atoms with Gasteiger partial charge >= 0.3 is 0 Å². The first-order valence-corrected chi connectivity index (χ1v) is 8.57. The molecule has 6 heteroatoms. The molecule has 0 aliphatic rings. The third-order valence-electron chi connectivity index (χ3n) is 2.94. The number of rotatable bonds is 9. The lowest BCUT2D eigenvalue weighted by atomic mass is 10.1. The van der Waals surface area contributed by atoms with Gasteiger partial charge in [-0.3, -0.25) is 4.79 Å². The second kappa shape index (κ2) is 8.14. The molecule has 1 N–H and O–H groups in total. The summed E-state index contributed by atoms with van der Waals surface area (Å²) in [6.07, 6.45) is 1.21. The monoisotopic (exact) mass is 313 g/mol. The van der Waals surface area contributed by atoms with Crippen molar-refractivity contribution in [1.82, 2.24) is 4.72 Å². The van der Waals surface area contributed by atoms with Crippen LogP contribution in [-0.2, 0) is 14.8 Å². The van der Waals surface area contributed by atoms with Crippen LogP contribution in [0, 0.1) is 5.92 Å². The molecule has 0 atom stereocenters. The Bertz CT molecular complexity index is 550. The second-order valence-corrected chi connectivity index (χ2v) is 7.00. The Labute approximate surface area is 126 Å². The zero-order chi connectivity index (χ0) is 15.9. The highest BCUT2D eigenvalue weighted by molar-refractivity contribution is 7.89. The van der Waals surface area contributed by atoms with Crippen LogP contribution in [0.2, 0.25) is 0 Å². The molecule has 0 spiro atoms. The number of nitrogens with one attached hydrogen (secondary N) is 1. The minimum atomic E-state index is -3.48. The topological polar surface area (TPSA) is 72.5 Å². The highest BCUT2D eigenvalue weighted by Gasteiger charge is 2.13. The Hall–Kier alpha value is -1.40. The van der Waals surface area contributed by atoms with Crippen molar-refractivity contribution in [3.05, 3.63) is 24.3 Å². The minimum Gasteiger partial charge on any atom is -0.486 e. The maximum atomic E-state index is 12.0. The minimum absolute atomic E-state index is 0.00190. The predicted molar refractivity (Wildman–Crippen MR) is 81.9 cm³/mol. The Kier molecular flexibility index (Phi) is 6.84. The van der Waals surface area contributed by atoms with E-state index >= 15 is 0 Å². The van der Waals surface area contributed by atoms with E-state index in [1.54, 1.807) is 19.1 Å². The van der Waals surface area contributed by atoms with Crippen molar-refractivity contribution < 1.29 is 17.9 Å². The maximum absolute atomic E-state index is 12.0. The van der Waals surface area contributed by atoms with E-state index < -0.39 is 10.0 Å². The Morgan fingerprint density at radius 2 is 1.86 bits per heavy atom. The summed E-state index contributed by atoms with van der Waals surface area (Å²) >= 11 is 0. The van der Waals surface area contributed by atoms with E-state index in [0.717, 1.165) is 6.42 Å². The normalized spacial score (nSPS) is 11.6. The average molecular weight is 313 g/mol. The van der Waals surface area contributed by atoms with Crippen LogP contribution in [0.5, 0.6) is 5.75 Å². The molecule has 0 bridgehead atoms. The number of sulfonamides is 1. The molecular weight excluding hydrogens is 290 g/mol. The first kappa shape index (κ1) is 17.7. The molecule has 0 aromatic heterocycles. The number of hydrogen-bond donors (Lipinski definition) is 1. The highest BCUT2D eigenvalue weighted by Crippen LogP contribution is 2.16. The zero-order valence-corrected chi connectivity index (χ0v) is 13.6. The van der Waals surface area contributed by atoms with Gasteiger partial charge in [-0.15, -0.1) is 0 Å². The summed E-state index contributed by atoms with van der Waals surface area (Å²) in [4.78, 5) is 11.3. The van der Waals surface area contributed by atoms with Crippen molar-refractivity contribution in [1.29, 1.82) is 0 Å². The van der Waals surface area contributed by atoms with Gasteiger partial charge in [0, 0.05) is 13.0 Å². The fraction of sp³-hybridized carbons (Fsp3) is 0.533. The second-order valence-electron chi connectivity index (χ2n) is 5.23. The molecule has 0 aliphatic heterocycles. The van der Waals surface area contributed by atoms with Gasteiger partial charge in [0.25, 0.3) is 0 Å². The molecule has 0 saturated heterocycles. The summed E-state index contributed by atoms with van der Waals surface area (Å²) in [5.74, 6) is 0.930. The third kappa shape index (κ3) is 6.27. The van der Waals surface area contributed by atoms with E-state index in [-0.39, 0.29) is 17.3 Å². The molecule has 0 saturated carbocycles. The molecule has 21 heavy (non-hydrogen) atoms. The molecule has 0 unspecified atom stereocenters. The number of carbonyl (C=O) groups excluding carboxylic acids is 1. The van der Waals surface area contributed by atoms with Crippen molar-refractivity contribution in [3.63, 3.8) is 0 Å². The van der Waals surface area contributed by atoms with Crippen molar-refractivity contribution >= 4 is 15.8 Å². The molecule has 1 aromatic carbocycles. The van der Waals surface area contributed by atoms with Gasteiger partial charge in [-0.25, -0.2) is 13.1 Å². The van der Waals surface area contributed by atoms with Crippen LogP contribution in [-0.4, -0.2) is 27.4 Å². The van der Waals surface area contributed by atoms with Gasteiger partial charge in [0.05, 0.1) is 4.90 Å². The summed E-state index contributed by atoms with van der Waals surface area (Å²) in [5.41, 5.74) is 0. The van der Waals surface area contributed by atoms with E-state index in [2.05, 4.69) is 4.72 Å². The van der Waals surface area contributed by atoms with Gasteiger partial charge in [0.2, 0.25) is 10.0 Å². The molecule has 0 fully saturated rings. The van der Waals surface area contributed by atoms with Crippen LogP contribution in [0.15, 0.2) is 29.2 Å². The first-order chi connectivity index (χ1) is 9.85. The molecule has 1 rings (SSSR count). The van der Waals surface area contributed by atoms with Gasteiger partial charge in [0.15, 0.2) is 5.78 Å². The van der Waals surface area contributed by atoms with E-state index in [0.29, 0.717) is 24.6 Å². The summed E-state index contributed by atoms with van der Waals surface area (Å²) in [7, 11) is -3.48. The maximum Gasteiger partial charge on any atom is 0.240 e. The Balaban J connectivity index is 2.61. The van der Waals surface area contributed by atoms with Crippen LogP contribution < -0.4 is 9.46 Å². The number of hydrogen-bond acceptors (Lipinski definition) is 4. The van der Waals surface area contributed by atoms with Crippen LogP contribution in [0.1, 0.15) is 33.6 Å². The number of benzene rings is 1. The van der Waals surface area contributed by atoms with Gasteiger partial charge in [-0.2, -0.15) is 0 Å². The number of carbonyl (C=O) groups is 1. The lowest BCUT2D eigenvalue weighted by molar-refractivity contribution is -0.120. The fourth-order valence-corrected chi connectivity index (χ4v) is 2.59. The van der Waals surface area contributed by atoms with E-state index in [4.69, 9.17) is 4.74 Å². The third-order valence-corrected chi connectivity index (χ3v) is 4.42. The molecule has 5 nitrogen and oxygen atoms in total. The zero-order valence-electron chi connectivity index (χ0n) is 12.8. The molecule has 0 radical (unpaired) electrons. The quantitative estimate of drug-likeness (QED) is 0.759. The smallest absolute Gasteiger partial charge is 0.240 e. The van der Waals surface area contributed by atoms with Gasteiger partial charge in [0.1, 0.15) is 12.4 Å². The molecule has 118 valence electrons. The largest absolute Gasteiger partial charge is 0.486 e. The summed E-state index contributed by atoms with van der Waals surface area (Å²) in [5, 5.41) is 0. The van der Waals surface area contributed by atoms with Crippen molar-refractivity contribution in [2.45, 2.75) is 38.5 Å². The lowest BCUT2D eigenvalue weighted by Gasteiger charge is -2.09. The van der Waals surface area contributed by atoms with Crippen molar-refractivity contribution in [2.75, 3.05) is 13.2 Å². The average Bonchev–Trinajstić information content (AvgIpc) is 2.44. The summed E-state index contributed by atoms with van der Waals surface area (Å²) in [6, 6.07) is 6.06. The Morgan fingerprint density at radius 3 is 2.38 bits per heavy atom. The molecular formula is C15H23NO4S. The van der Waals surface area contributed by atoms with Gasteiger partial charge in [-0.05, 0) is 36.6 Å². The standard InChI is InChI=1S/C15H23NO4S/c1-4-13(17)11-20-14-5-7-15(8-6-14)21(18,19)16-10-9-12(2)3/h5-8,12,16H,4,9-11H2,1-3H3. The fourth-order valence-electron chi connectivity index (χ4n) is 1.55. The summed E-state index contributed by atoms with van der Waals surface area (Å²) < 4.78 is 31.9. The highest BCUT2D eigenvalue weighted by atomic mass is 32.2. The van der Waals surface area contributed by atoms with Crippen LogP contribution in [0.25, 0.3) is 0 Å². The Morgan fingerprint density at radius 1 is 1.24 bits per heavy atom. The van der Waals surface area contributed by atoms with Gasteiger partial charge in [-0.1, -0.05) is 20.8 Å². The molecule has 0 aliphatic carbocycles. The lowest BCUT2D eigenvalue weighted by Crippen LogP contribution is -2.25. The summed E-state index contributed by atoms with van der Waals surface area (Å²) in [6.45, 7) is 6.28. The van der Waals surface area contributed by atoms with Gasteiger partial charge < -0.3 is 4.74 Å². The SMILES string of the molecule is CCC(=O)COc1ccc(S(=O)(=O)NCCC(C)C)cc1. The van der Waals surface area contributed by atoms with Crippen LogP contribution >= 0.6 is 0 Å². The van der Waals surface area contributed by atoms with E-state index in [9.17, 15) is 13.2 Å². The number of ether oxygens (including phenoxy) is 1. The number of ketones is 1. The molecule has 0 heterocycles. The van der Waals surface area contributed by atoms with Crippen LogP contribution in [0.3, 0.4) is 0 Å². The first-order valence-electron chi connectivity index (χ1n) is 7.09. The molecule has 0 amide bonds. The van der Waals surface area contributed by atoms with E-state index in [1.807, 2.05) is 13.8 Å². The van der Waals surface area contributed by atoms with Crippen LogP contribution in [0.4, 0.5) is 0 Å². The molecule has 1 aromatic rings. The predicted octanol–water partition coefficient (Wildman–Crippen LogP) is 2.37. The number of Topliss-reactive ketones (excluding diaryl/α,β-unsaturated/α-hetero) is 1. The van der Waals surface area contributed by atoms with Crippen molar-refractivity contribution in [3.8, 4) is 5.75 Å². The van der Waals surface area contributed by atoms with Crippen molar-refractivity contribution in [2.24, 2.45) is 5.92 Å². The van der Waals surface area contributed by atoms with E-state index in [1.165, 1.54) is 12.1 Å².